The number of hydrogen-bond acceptors (Lipinski definition) is 4. The van der Waals surface area contributed by atoms with Crippen LogP contribution in [0.1, 0.15) is 35.9 Å². The van der Waals surface area contributed by atoms with Crippen LogP contribution in [0.3, 0.4) is 0 Å². The minimum atomic E-state index is -0.882. The molecular formula is C13H20N4O3. The molecule has 0 spiro atoms. The predicted octanol–water partition coefficient (Wildman–Crippen LogP) is -0.0825. The number of amides is 1. The molecule has 2 heterocycles. The Balaban J connectivity index is 1.97. The highest BCUT2D eigenvalue weighted by atomic mass is 16.4. The van der Waals surface area contributed by atoms with Crippen LogP contribution in [-0.4, -0.2) is 45.4 Å². The summed E-state index contributed by atoms with van der Waals surface area (Å²) in [5.41, 5.74) is 1.40. The lowest BCUT2D eigenvalue weighted by molar-refractivity contribution is -0.139. The van der Waals surface area contributed by atoms with Gasteiger partial charge < -0.3 is 15.7 Å². The summed E-state index contributed by atoms with van der Waals surface area (Å²) >= 11 is 0. The van der Waals surface area contributed by atoms with E-state index in [0.717, 1.165) is 18.5 Å². The molecule has 0 unspecified atom stereocenters. The van der Waals surface area contributed by atoms with Crippen LogP contribution >= 0.6 is 0 Å². The lowest BCUT2D eigenvalue weighted by Crippen LogP contribution is -2.37. The molecule has 1 amide bonds. The van der Waals surface area contributed by atoms with Gasteiger partial charge in [-0.3, -0.25) is 14.3 Å². The molecule has 1 aliphatic heterocycles. The Morgan fingerprint density at radius 2 is 2.35 bits per heavy atom. The monoisotopic (exact) mass is 280 g/mol. The summed E-state index contributed by atoms with van der Waals surface area (Å²) in [6.45, 7) is 2.53. The maximum atomic E-state index is 12.2. The fraction of sp³-hybridized carbons (Fsp3) is 0.615. The van der Waals surface area contributed by atoms with Crippen molar-refractivity contribution in [1.29, 1.82) is 0 Å². The predicted molar refractivity (Wildman–Crippen MR) is 72.5 cm³/mol. The molecule has 0 aliphatic carbocycles. The second kappa shape index (κ2) is 6.04. The number of carbonyl (C=O) groups is 2. The molecule has 20 heavy (non-hydrogen) atoms. The van der Waals surface area contributed by atoms with Crippen LogP contribution in [0, 0.1) is 0 Å². The zero-order valence-electron chi connectivity index (χ0n) is 11.7. The Morgan fingerprint density at radius 1 is 1.60 bits per heavy atom. The van der Waals surface area contributed by atoms with Crippen LogP contribution in [0.5, 0.6) is 0 Å². The SMILES string of the molecule is CCCc1cc(C(=O)N[C@@H]2CN[C@H](C(=O)O)C2)n(C)n1. The quantitative estimate of drug-likeness (QED) is 0.701. The minimum absolute atomic E-state index is 0.159. The zero-order chi connectivity index (χ0) is 14.7. The Hall–Kier alpha value is -1.89. The Kier molecular flexibility index (Phi) is 4.39. The van der Waals surface area contributed by atoms with Crippen LogP contribution in [0.25, 0.3) is 0 Å². The number of aryl methyl sites for hydroxylation is 2. The number of carbonyl (C=O) groups excluding carboxylic acids is 1. The molecule has 1 aliphatic rings. The molecule has 1 aromatic heterocycles. The third kappa shape index (κ3) is 3.16. The molecule has 0 saturated carbocycles. The van der Waals surface area contributed by atoms with Crippen molar-refractivity contribution >= 4 is 11.9 Å². The van der Waals surface area contributed by atoms with Crippen molar-refractivity contribution in [2.24, 2.45) is 7.05 Å². The first kappa shape index (κ1) is 14.5. The van der Waals surface area contributed by atoms with E-state index in [2.05, 4.69) is 22.7 Å². The molecule has 1 saturated heterocycles. The Labute approximate surface area is 117 Å². The highest BCUT2D eigenvalue weighted by molar-refractivity contribution is 5.93. The standard InChI is InChI=1S/C13H20N4O3/c1-3-4-8-6-11(17(2)16-8)12(18)15-9-5-10(13(19)20)14-7-9/h6,9-10,14H,3-5,7H2,1-2H3,(H,15,18)(H,19,20)/t9-,10-/m0/s1. The number of aromatic nitrogens is 2. The van der Waals surface area contributed by atoms with Gasteiger partial charge in [0.05, 0.1) is 5.69 Å². The van der Waals surface area contributed by atoms with E-state index in [1.54, 1.807) is 17.8 Å². The average molecular weight is 280 g/mol. The maximum Gasteiger partial charge on any atom is 0.320 e. The van der Waals surface area contributed by atoms with E-state index in [4.69, 9.17) is 5.11 Å². The second-order valence-corrected chi connectivity index (χ2v) is 5.10. The van der Waals surface area contributed by atoms with Crippen molar-refractivity contribution in [2.45, 2.75) is 38.3 Å². The number of carboxylic acids is 1. The van der Waals surface area contributed by atoms with E-state index in [9.17, 15) is 9.59 Å². The highest BCUT2D eigenvalue weighted by Gasteiger charge is 2.30. The summed E-state index contributed by atoms with van der Waals surface area (Å²) in [7, 11) is 1.74. The van der Waals surface area contributed by atoms with Gasteiger partial charge in [0, 0.05) is 19.6 Å². The third-order valence-corrected chi connectivity index (χ3v) is 3.43. The first-order valence-corrected chi connectivity index (χ1v) is 6.81. The molecule has 7 heteroatoms. The molecule has 1 fully saturated rings. The Morgan fingerprint density at radius 3 is 2.95 bits per heavy atom. The summed E-state index contributed by atoms with van der Waals surface area (Å²) < 4.78 is 1.57. The van der Waals surface area contributed by atoms with Crippen molar-refractivity contribution in [3.63, 3.8) is 0 Å². The van der Waals surface area contributed by atoms with Gasteiger partial charge in [0.1, 0.15) is 11.7 Å². The highest BCUT2D eigenvalue weighted by Crippen LogP contribution is 2.10. The summed E-state index contributed by atoms with van der Waals surface area (Å²) in [5.74, 6) is -1.09. The van der Waals surface area contributed by atoms with E-state index in [0.29, 0.717) is 18.7 Å². The van der Waals surface area contributed by atoms with Crippen molar-refractivity contribution in [1.82, 2.24) is 20.4 Å². The van der Waals surface area contributed by atoms with Crippen molar-refractivity contribution < 1.29 is 14.7 Å². The molecule has 0 aromatic carbocycles. The second-order valence-electron chi connectivity index (χ2n) is 5.10. The van der Waals surface area contributed by atoms with Crippen LogP contribution in [0.2, 0.25) is 0 Å². The Bertz CT molecular complexity index is 512. The number of aliphatic carboxylic acids is 1. The average Bonchev–Trinajstić information content (AvgIpc) is 2.97. The van der Waals surface area contributed by atoms with Crippen LogP contribution in [0.15, 0.2) is 6.07 Å². The van der Waals surface area contributed by atoms with E-state index in [1.165, 1.54) is 0 Å². The molecule has 3 N–H and O–H groups in total. The third-order valence-electron chi connectivity index (χ3n) is 3.43. The smallest absolute Gasteiger partial charge is 0.320 e. The van der Waals surface area contributed by atoms with Crippen molar-refractivity contribution in [3.05, 3.63) is 17.5 Å². The summed E-state index contributed by atoms with van der Waals surface area (Å²) in [6.07, 6.45) is 2.22. The van der Waals surface area contributed by atoms with Gasteiger partial charge in [-0.1, -0.05) is 13.3 Å². The van der Waals surface area contributed by atoms with Gasteiger partial charge in [0.2, 0.25) is 0 Å². The van der Waals surface area contributed by atoms with Crippen molar-refractivity contribution in [2.75, 3.05) is 6.54 Å². The first-order valence-electron chi connectivity index (χ1n) is 6.81. The van der Waals surface area contributed by atoms with Gasteiger partial charge in [-0.05, 0) is 18.9 Å². The van der Waals surface area contributed by atoms with E-state index >= 15 is 0 Å². The molecule has 7 nitrogen and oxygen atoms in total. The number of rotatable bonds is 5. The summed E-state index contributed by atoms with van der Waals surface area (Å²) in [5, 5.41) is 18.9. The normalized spacial score (nSPS) is 21.9. The van der Waals surface area contributed by atoms with Crippen LogP contribution in [0.4, 0.5) is 0 Å². The topological polar surface area (TPSA) is 96.3 Å². The number of hydrogen-bond donors (Lipinski definition) is 3. The van der Waals surface area contributed by atoms with Crippen LogP contribution in [-0.2, 0) is 18.3 Å². The minimum Gasteiger partial charge on any atom is -0.480 e. The lowest BCUT2D eigenvalue weighted by atomic mass is 10.1. The molecular weight excluding hydrogens is 260 g/mol. The summed E-state index contributed by atoms with van der Waals surface area (Å²) in [6, 6.07) is 1.05. The maximum absolute atomic E-state index is 12.2. The molecule has 0 radical (unpaired) electrons. The van der Waals surface area contributed by atoms with Crippen molar-refractivity contribution in [3.8, 4) is 0 Å². The van der Waals surface area contributed by atoms with Gasteiger partial charge in [-0.2, -0.15) is 5.10 Å². The molecule has 0 bridgehead atoms. The molecule has 1 aromatic rings. The fourth-order valence-corrected chi connectivity index (χ4v) is 2.41. The van der Waals surface area contributed by atoms with Gasteiger partial charge in [-0.25, -0.2) is 0 Å². The van der Waals surface area contributed by atoms with Gasteiger partial charge in [0.25, 0.3) is 5.91 Å². The molecule has 2 rings (SSSR count). The van der Waals surface area contributed by atoms with Gasteiger partial charge >= 0.3 is 5.97 Å². The number of nitrogens with one attached hydrogen (secondary N) is 2. The van der Waals surface area contributed by atoms with E-state index < -0.39 is 12.0 Å². The largest absolute Gasteiger partial charge is 0.480 e. The lowest BCUT2D eigenvalue weighted by Gasteiger charge is -2.11. The number of carboxylic acid groups (broad SMARTS) is 1. The van der Waals surface area contributed by atoms with Gasteiger partial charge in [-0.15, -0.1) is 0 Å². The first-order chi connectivity index (χ1) is 9.51. The molecule has 110 valence electrons. The summed E-state index contributed by atoms with van der Waals surface area (Å²) in [4.78, 5) is 23.0. The van der Waals surface area contributed by atoms with Gasteiger partial charge in [0.15, 0.2) is 0 Å². The van der Waals surface area contributed by atoms with E-state index in [1.807, 2.05) is 0 Å². The fourth-order valence-electron chi connectivity index (χ4n) is 2.41. The number of nitrogens with zero attached hydrogens (tertiary/aromatic N) is 2. The van der Waals surface area contributed by atoms with E-state index in [-0.39, 0.29) is 11.9 Å². The van der Waals surface area contributed by atoms with Crippen LogP contribution < -0.4 is 10.6 Å². The molecule has 2 atom stereocenters. The zero-order valence-corrected chi connectivity index (χ0v) is 11.7.